The topological polar surface area (TPSA) is 54.7 Å². The molecule has 3 heteroatoms. The van der Waals surface area contributed by atoms with E-state index in [0.717, 1.165) is 17.9 Å². The lowest BCUT2D eigenvalue weighted by molar-refractivity contribution is 0.588. The third-order valence-electron chi connectivity index (χ3n) is 3.81. The summed E-state index contributed by atoms with van der Waals surface area (Å²) in [6, 6.07) is 4.60. The summed E-state index contributed by atoms with van der Waals surface area (Å²) in [5, 5.41) is 0. The molecule has 0 fully saturated rings. The van der Waals surface area contributed by atoms with Crippen molar-refractivity contribution in [1.82, 2.24) is 9.97 Å². The van der Waals surface area contributed by atoms with Gasteiger partial charge in [-0.25, -0.2) is 4.98 Å². The van der Waals surface area contributed by atoms with Crippen molar-refractivity contribution in [3.8, 4) is 0 Å². The molecule has 0 aliphatic carbocycles. The molecular weight excluding hydrogens is 246 g/mol. The highest BCUT2D eigenvalue weighted by Gasteiger charge is 2.16. The number of nitrogens with two attached hydrogens (primary N) is 1. The van der Waals surface area contributed by atoms with E-state index in [4.69, 9.17) is 5.73 Å². The van der Waals surface area contributed by atoms with Crippen molar-refractivity contribution in [2.75, 3.05) is 0 Å². The minimum absolute atomic E-state index is 0.186. The first-order chi connectivity index (χ1) is 9.31. The van der Waals surface area contributed by atoms with Crippen molar-refractivity contribution in [2.24, 2.45) is 5.73 Å². The Hall–Kier alpha value is -1.61. The fraction of sp³-hybridized carbons (Fsp3) is 0.471. The van der Waals surface area contributed by atoms with Crippen LogP contribution in [0.2, 0.25) is 0 Å². The number of hydrogen-bond donors (Lipinski definition) is 2. The smallest absolute Gasteiger partial charge is 0.110 e. The standard InChI is InChI=1S/C17H25N3/c1-11-6-13(17(3,4)5)7-12(2)15(11)8-16-19-10-14(9-18)20-16/h6-7,10H,8-9,18H2,1-5H3,(H,19,20). The Morgan fingerprint density at radius 2 is 1.75 bits per heavy atom. The Bertz CT molecular complexity index is 580. The van der Waals surface area contributed by atoms with Crippen molar-refractivity contribution in [3.63, 3.8) is 0 Å². The zero-order valence-corrected chi connectivity index (χ0v) is 13.2. The molecule has 2 rings (SSSR count). The molecule has 20 heavy (non-hydrogen) atoms. The molecule has 1 heterocycles. The number of nitrogens with zero attached hydrogens (tertiary/aromatic N) is 1. The van der Waals surface area contributed by atoms with Crippen molar-refractivity contribution in [2.45, 2.75) is 53.0 Å². The molecule has 1 aromatic heterocycles. The molecule has 0 atom stereocenters. The van der Waals surface area contributed by atoms with Crippen molar-refractivity contribution in [3.05, 3.63) is 52.1 Å². The van der Waals surface area contributed by atoms with Crippen LogP contribution in [0.5, 0.6) is 0 Å². The van der Waals surface area contributed by atoms with E-state index < -0.39 is 0 Å². The molecule has 1 aromatic carbocycles. The predicted octanol–water partition coefficient (Wildman–Crippen LogP) is 3.37. The molecule has 0 aliphatic rings. The first kappa shape index (κ1) is 14.8. The van der Waals surface area contributed by atoms with E-state index in [0.29, 0.717) is 6.54 Å². The number of nitrogens with one attached hydrogen (secondary N) is 1. The molecule has 0 spiro atoms. The van der Waals surface area contributed by atoms with Gasteiger partial charge in [-0.1, -0.05) is 32.9 Å². The largest absolute Gasteiger partial charge is 0.345 e. The minimum atomic E-state index is 0.186. The lowest BCUT2D eigenvalue weighted by Crippen LogP contribution is -2.12. The Balaban J connectivity index is 2.33. The molecular formula is C17H25N3. The summed E-state index contributed by atoms with van der Waals surface area (Å²) in [5.74, 6) is 0.986. The second-order valence-electron chi connectivity index (χ2n) is 6.57. The van der Waals surface area contributed by atoms with Gasteiger partial charge in [-0.2, -0.15) is 0 Å². The Kier molecular flexibility index (Phi) is 4.00. The van der Waals surface area contributed by atoms with Gasteiger partial charge in [0.2, 0.25) is 0 Å². The Morgan fingerprint density at radius 3 is 2.20 bits per heavy atom. The average molecular weight is 271 g/mol. The molecule has 0 saturated carbocycles. The summed E-state index contributed by atoms with van der Waals surface area (Å²) in [6.07, 6.45) is 2.66. The van der Waals surface area contributed by atoms with Gasteiger partial charge in [0.1, 0.15) is 5.82 Å². The van der Waals surface area contributed by atoms with Crippen LogP contribution in [0.3, 0.4) is 0 Å². The number of aromatic nitrogens is 2. The van der Waals surface area contributed by atoms with Crippen molar-refractivity contribution < 1.29 is 0 Å². The second-order valence-corrected chi connectivity index (χ2v) is 6.57. The van der Waals surface area contributed by atoms with Gasteiger partial charge in [-0.15, -0.1) is 0 Å². The second kappa shape index (κ2) is 5.41. The number of benzene rings is 1. The summed E-state index contributed by atoms with van der Waals surface area (Å²) in [7, 11) is 0. The van der Waals surface area contributed by atoms with E-state index in [-0.39, 0.29) is 5.41 Å². The van der Waals surface area contributed by atoms with Gasteiger partial charge in [0, 0.05) is 24.9 Å². The van der Waals surface area contributed by atoms with Gasteiger partial charge in [0.05, 0.1) is 0 Å². The van der Waals surface area contributed by atoms with Crippen LogP contribution >= 0.6 is 0 Å². The van der Waals surface area contributed by atoms with Crippen molar-refractivity contribution in [1.29, 1.82) is 0 Å². The summed E-state index contributed by atoms with van der Waals surface area (Å²) in [4.78, 5) is 7.67. The van der Waals surface area contributed by atoms with Crippen LogP contribution in [0.4, 0.5) is 0 Å². The van der Waals surface area contributed by atoms with E-state index in [9.17, 15) is 0 Å². The number of hydrogen-bond acceptors (Lipinski definition) is 2. The van der Waals surface area contributed by atoms with E-state index in [1.807, 2.05) is 6.20 Å². The summed E-state index contributed by atoms with van der Waals surface area (Å²) in [6.45, 7) is 11.6. The fourth-order valence-corrected chi connectivity index (χ4v) is 2.47. The molecule has 0 bridgehead atoms. The van der Waals surface area contributed by atoms with Crippen LogP contribution in [0.15, 0.2) is 18.3 Å². The fourth-order valence-electron chi connectivity index (χ4n) is 2.47. The molecule has 0 radical (unpaired) electrons. The summed E-state index contributed by atoms with van der Waals surface area (Å²) < 4.78 is 0. The van der Waals surface area contributed by atoms with Gasteiger partial charge in [-0.05, 0) is 41.5 Å². The van der Waals surface area contributed by atoms with Gasteiger partial charge in [0.15, 0.2) is 0 Å². The highest BCUT2D eigenvalue weighted by atomic mass is 14.9. The normalized spacial score (nSPS) is 11.9. The Labute approximate surface area is 121 Å². The van der Waals surface area contributed by atoms with E-state index >= 15 is 0 Å². The molecule has 0 amide bonds. The predicted molar refractivity (Wildman–Crippen MR) is 83.9 cm³/mol. The number of aryl methyl sites for hydroxylation is 2. The zero-order valence-electron chi connectivity index (χ0n) is 13.2. The van der Waals surface area contributed by atoms with Gasteiger partial charge >= 0.3 is 0 Å². The van der Waals surface area contributed by atoms with Crippen LogP contribution in [0, 0.1) is 13.8 Å². The lowest BCUT2D eigenvalue weighted by Gasteiger charge is -2.22. The molecule has 2 aromatic rings. The average Bonchev–Trinajstić information content (AvgIpc) is 2.80. The van der Waals surface area contributed by atoms with Crippen LogP contribution in [-0.4, -0.2) is 9.97 Å². The highest BCUT2D eigenvalue weighted by molar-refractivity contribution is 5.41. The third-order valence-corrected chi connectivity index (χ3v) is 3.81. The minimum Gasteiger partial charge on any atom is -0.345 e. The molecule has 3 nitrogen and oxygen atoms in total. The van der Waals surface area contributed by atoms with Crippen LogP contribution in [0.1, 0.15) is 54.5 Å². The maximum atomic E-state index is 5.61. The van der Waals surface area contributed by atoms with Crippen LogP contribution in [-0.2, 0) is 18.4 Å². The van der Waals surface area contributed by atoms with Crippen LogP contribution < -0.4 is 5.73 Å². The van der Waals surface area contributed by atoms with E-state index in [2.05, 4.69) is 56.7 Å². The molecule has 0 aliphatic heterocycles. The Morgan fingerprint density at radius 1 is 1.15 bits per heavy atom. The number of H-pyrrole nitrogens is 1. The summed E-state index contributed by atoms with van der Waals surface area (Å²) >= 11 is 0. The monoisotopic (exact) mass is 271 g/mol. The molecule has 0 saturated heterocycles. The number of imidazole rings is 1. The highest BCUT2D eigenvalue weighted by Crippen LogP contribution is 2.27. The number of aromatic amines is 1. The van der Waals surface area contributed by atoms with E-state index in [1.165, 1.54) is 22.3 Å². The molecule has 3 N–H and O–H groups in total. The maximum absolute atomic E-state index is 5.61. The van der Waals surface area contributed by atoms with Crippen LogP contribution in [0.25, 0.3) is 0 Å². The SMILES string of the molecule is Cc1cc(C(C)(C)C)cc(C)c1Cc1ncc(CN)[nH]1. The van der Waals surface area contributed by atoms with Crippen molar-refractivity contribution >= 4 is 0 Å². The maximum Gasteiger partial charge on any atom is 0.110 e. The number of rotatable bonds is 3. The summed E-state index contributed by atoms with van der Waals surface area (Å²) in [5.41, 5.74) is 12.2. The molecule has 108 valence electrons. The van der Waals surface area contributed by atoms with Gasteiger partial charge in [-0.3, -0.25) is 0 Å². The first-order valence-electron chi connectivity index (χ1n) is 7.14. The molecule has 0 unspecified atom stereocenters. The first-order valence-corrected chi connectivity index (χ1v) is 7.14. The quantitative estimate of drug-likeness (QED) is 0.899. The van der Waals surface area contributed by atoms with Gasteiger partial charge < -0.3 is 10.7 Å². The van der Waals surface area contributed by atoms with E-state index in [1.54, 1.807) is 0 Å². The zero-order chi connectivity index (χ0) is 14.9. The van der Waals surface area contributed by atoms with Gasteiger partial charge in [0.25, 0.3) is 0 Å². The third kappa shape index (κ3) is 3.10. The lowest BCUT2D eigenvalue weighted by atomic mass is 9.83.